The van der Waals surface area contributed by atoms with Gasteiger partial charge in [-0.05, 0) is 36.6 Å². The van der Waals surface area contributed by atoms with Crippen molar-refractivity contribution in [2.45, 2.75) is 19.5 Å². The molecule has 29 heavy (non-hydrogen) atoms. The van der Waals surface area contributed by atoms with Gasteiger partial charge in [0.05, 0.1) is 19.1 Å². The normalized spacial score (nSPS) is 20.4. The molecule has 2 aromatic heterocycles. The fraction of sp³-hybridized carbons (Fsp3) is 0.429. The third-order valence-corrected chi connectivity index (χ3v) is 6.51. The van der Waals surface area contributed by atoms with Crippen molar-refractivity contribution >= 4 is 11.3 Å². The largest absolute Gasteiger partial charge is 0.493 e. The topological polar surface area (TPSA) is 66.3 Å². The molecule has 3 heterocycles. The van der Waals surface area contributed by atoms with Crippen molar-refractivity contribution in [1.82, 2.24) is 10.2 Å². The zero-order chi connectivity index (χ0) is 20.2. The molecule has 154 valence electrons. The molecule has 1 aliphatic heterocycles. The molecular weight excluding hydrogens is 388 g/mol. The van der Waals surface area contributed by atoms with Crippen LogP contribution in [0.25, 0.3) is 10.8 Å². The lowest BCUT2D eigenvalue weighted by Gasteiger charge is -2.32. The molecular formula is C21H28N4O3S+2. The van der Waals surface area contributed by atoms with Gasteiger partial charge in [-0.2, -0.15) is 0 Å². The Balaban J connectivity index is 1.33. The Morgan fingerprint density at radius 3 is 2.55 bits per heavy atom. The summed E-state index contributed by atoms with van der Waals surface area (Å²) in [4.78, 5) is 4.11. The van der Waals surface area contributed by atoms with Gasteiger partial charge in [0.2, 0.25) is 0 Å². The Morgan fingerprint density at radius 1 is 1.07 bits per heavy atom. The lowest BCUT2D eigenvalue weighted by atomic mass is 10.1. The zero-order valence-corrected chi connectivity index (χ0v) is 17.9. The van der Waals surface area contributed by atoms with Crippen LogP contribution in [-0.4, -0.2) is 50.6 Å². The van der Waals surface area contributed by atoms with E-state index < -0.39 is 0 Å². The van der Waals surface area contributed by atoms with Crippen molar-refractivity contribution in [3.8, 4) is 22.3 Å². The molecule has 2 N–H and O–H groups in total. The van der Waals surface area contributed by atoms with Gasteiger partial charge in [-0.25, -0.2) is 0 Å². The number of hydrogen-bond acceptors (Lipinski definition) is 6. The molecule has 0 saturated carbocycles. The van der Waals surface area contributed by atoms with Gasteiger partial charge in [0.15, 0.2) is 17.5 Å². The molecule has 1 aliphatic rings. The van der Waals surface area contributed by atoms with Crippen LogP contribution in [0.15, 0.2) is 40.1 Å². The van der Waals surface area contributed by atoms with Gasteiger partial charge in [-0.1, -0.05) is 6.07 Å². The molecule has 1 aromatic carbocycles. The number of rotatable bonds is 7. The zero-order valence-electron chi connectivity index (χ0n) is 17.1. The fourth-order valence-corrected chi connectivity index (χ4v) is 4.54. The van der Waals surface area contributed by atoms with E-state index in [1.54, 1.807) is 30.5 Å². The van der Waals surface area contributed by atoms with Crippen molar-refractivity contribution in [2.75, 3.05) is 40.4 Å². The van der Waals surface area contributed by atoms with Crippen LogP contribution in [-0.2, 0) is 6.54 Å². The standard InChI is InChI=1S/C21H26N4O3S/c1-15(20-22-23-21(28-20)19-5-4-12-29-19)25-10-8-24(9-11-25)14-16-6-7-17(26-2)18(13-16)27-3/h4-7,12-13,15H,8-11,14H2,1-3H3/p+2/t15-/m1/s1. The molecule has 0 aliphatic carbocycles. The first-order valence-electron chi connectivity index (χ1n) is 9.94. The summed E-state index contributed by atoms with van der Waals surface area (Å²) in [5.41, 5.74) is 1.27. The number of aromatic nitrogens is 2. The Hall–Kier alpha value is -2.42. The first-order valence-corrected chi connectivity index (χ1v) is 10.8. The molecule has 1 fully saturated rings. The first kappa shape index (κ1) is 19.9. The number of piperazine rings is 1. The van der Waals surface area contributed by atoms with Crippen LogP contribution in [0.1, 0.15) is 24.4 Å². The van der Waals surface area contributed by atoms with Crippen LogP contribution < -0.4 is 19.3 Å². The summed E-state index contributed by atoms with van der Waals surface area (Å²) in [7, 11) is 3.35. The minimum absolute atomic E-state index is 0.207. The number of hydrogen-bond donors (Lipinski definition) is 2. The predicted octanol–water partition coefficient (Wildman–Crippen LogP) is 0.860. The second kappa shape index (κ2) is 8.94. The summed E-state index contributed by atoms with van der Waals surface area (Å²) in [5.74, 6) is 2.92. The summed E-state index contributed by atoms with van der Waals surface area (Å²) in [6, 6.07) is 10.4. The quantitative estimate of drug-likeness (QED) is 0.598. The smallest absolute Gasteiger partial charge is 0.274 e. The Kier molecular flexibility index (Phi) is 6.13. The highest BCUT2D eigenvalue weighted by Gasteiger charge is 2.31. The minimum Gasteiger partial charge on any atom is -0.493 e. The molecule has 1 atom stereocenters. The molecule has 0 amide bonds. The fourth-order valence-electron chi connectivity index (χ4n) is 3.90. The molecule has 0 radical (unpaired) electrons. The Bertz CT molecular complexity index is 920. The second-order valence-corrected chi connectivity index (χ2v) is 8.37. The molecule has 4 rings (SSSR count). The van der Waals surface area contributed by atoms with Gasteiger partial charge in [-0.3, -0.25) is 0 Å². The van der Waals surface area contributed by atoms with E-state index in [4.69, 9.17) is 13.9 Å². The summed E-state index contributed by atoms with van der Waals surface area (Å²) in [6.07, 6.45) is 0. The average Bonchev–Trinajstić information content (AvgIpc) is 3.45. The number of methoxy groups -OCH3 is 2. The molecule has 3 aromatic rings. The van der Waals surface area contributed by atoms with E-state index in [2.05, 4.69) is 29.3 Å². The Labute approximate surface area is 174 Å². The number of nitrogens with one attached hydrogen (secondary N) is 2. The highest BCUT2D eigenvalue weighted by atomic mass is 32.1. The maximum Gasteiger partial charge on any atom is 0.274 e. The summed E-state index contributed by atoms with van der Waals surface area (Å²) in [6.45, 7) is 7.56. The van der Waals surface area contributed by atoms with Gasteiger partial charge >= 0.3 is 0 Å². The summed E-state index contributed by atoms with van der Waals surface area (Å²) in [5, 5.41) is 10.6. The number of thiophene rings is 1. The third kappa shape index (κ3) is 4.44. The SMILES string of the molecule is COc1ccc(C[NH+]2CC[NH+]([C@H](C)c3nnc(-c4cccs4)o3)CC2)cc1OC. The van der Waals surface area contributed by atoms with E-state index in [0.717, 1.165) is 55.0 Å². The van der Waals surface area contributed by atoms with E-state index in [1.807, 2.05) is 23.6 Å². The van der Waals surface area contributed by atoms with Gasteiger partial charge in [-0.15, -0.1) is 21.5 Å². The van der Waals surface area contributed by atoms with E-state index >= 15 is 0 Å². The first-order chi connectivity index (χ1) is 14.2. The highest BCUT2D eigenvalue weighted by Crippen LogP contribution is 2.27. The maximum atomic E-state index is 5.95. The molecule has 1 saturated heterocycles. The number of quaternary nitrogens is 2. The Morgan fingerprint density at radius 2 is 1.86 bits per heavy atom. The lowest BCUT2D eigenvalue weighted by molar-refractivity contribution is -1.03. The molecule has 0 bridgehead atoms. The van der Waals surface area contributed by atoms with Crippen molar-refractivity contribution in [2.24, 2.45) is 0 Å². The van der Waals surface area contributed by atoms with Gasteiger partial charge in [0, 0.05) is 5.56 Å². The molecule has 0 unspecified atom stereocenters. The monoisotopic (exact) mass is 416 g/mol. The third-order valence-electron chi connectivity index (χ3n) is 5.66. The van der Waals surface area contributed by atoms with Gasteiger partial charge in [0.1, 0.15) is 32.7 Å². The van der Waals surface area contributed by atoms with Crippen molar-refractivity contribution in [3.05, 3.63) is 47.2 Å². The molecule has 8 heteroatoms. The molecule has 0 spiro atoms. The number of ether oxygens (including phenoxy) is 2. The van der Waals surface area contributed by atoms with Crippen LogP contribution in [0.3, 0.4) is 0 Å². The lowest BCUT2D eigenvalue weighted by Crippen LogP contribution is -3.27. The van der Waals surface area contributed by atoms with Crippen molar-refractivity contribution in [3.63, 3.8) is 0 Å². The number of benzene rings is 1. The maximum absolute atomic E-state index is 5.95. The van der Waals surface area contributed by atoms with Crippen molar-refractivity contribution in [1.29, 1.82) is 0 Å². The van der Waals surface area contributed by atoms with E-state index in [1.165, 1.54) is 10.5 Å². The predicted molar refractivity (Wildman–Crippen MR) is 111 cm³/mol. The van der Waals surface area contributed by atoms with E-state index in [0.29, 0.717) is 5.89 Å². The summed E-state index contributed by atoms with van der Waals surface area (Å²) < 4.78 is 16.7. The van der Waals surface area contributed by atoms with Gasteiger partial charge in [0.25, 0.3) is 11.8 Å². The van der Waals surface area contributed by atoms with Gasteiger partial charge < -0.3 is 23.7 Å². The number of nitrogens with zero attached hydrogens (tertiary/aromatic N) is 2. The van der Waals surface area contributed by atoms with Crippen LogP contribution in [0.4, 0.5) is 0 Å². The van der Waals surface area contributed by atoms with E-state index in [9.17, 15) is 0 Å². The van der Waals surface area contributed by atoms with Crippen LogP contribution in [0.2, 0.25) is 0 Å². The minimum atomic E-state index is 0.207. The highest BCUT2D eigenvalue weighted by molar-refractivity contribution is 7.13. The van der Waals surface area contributed by atoms with Crippen LogP contribution >= 0.6 is 11.3 Å². The second-order valence-electron chi connectivity index (χ2n) is 7.42. The average molecular weight is 417 g/mol. The summed E-state index contributed by atoms with van der Waals surface area (Å²) >= 11 is 1.62. The van der Waals surface area contributed by atoms with Crippen LogP contribution in [0.5, 0.6) is 11.5 Å². The van der Waals surface area contributed by atoms with Crippen molar-refractivity contribution < 1.29 is 23.7 Å². The van der Waals surface area contributed by atoms with E-state index in [-0.39, 0.29) is 6.04 Å². The molecule has 7 nitrogen and oxygen atoms in total. The van der Waals surface area contributed by atoms with Crippen LogP contribution in [0, 0.1) is 0 Å².